The van der Waals surface area contributed by atoms with Crippen LogP contribution in [-0.2, 0) is 6.42 Å². The molecule has 0 radical (unpaired) electrons. The van der Waals surface area contributed by atoms with Gasteiger partial charge in [-0.3, -0.25) is 4.90 Å². The van der Waals surface area contributed by atoms with Crippen LogP contribution in [0.1, 0.15) is 38.2 Å². The summed E-state index contributed by atoms with van der Waals surface area (Å²) in [7, 11) is 3.44. The minimum absolute atomic E-state index is 0.517. The third-order valence-corrected chi connectivity index (χ3v) is 5.91. The maximum Gasteiger partial charge on any atom is 0.184 e. The highest BCUT2D eigenvalue weighted by Crippen LogP contribution is 2.39. The fourth-order valence-electron chi connectivity index (χ4n) is 4.43. The molecule has 1 aliphatic heterocycles. The number of hydrogen-bond acceptors (Lipinski definition) is 4. The van der Waals surface area contributed by atoms with Crippen molar-refractivity contribution in [3.63, 3.8) is 0 Å². The van der Waals surface area contributed by atoms with Gasteiger partial charge < -0.3 is 14.4 Å². The average Bonchev–Trinajstić information content (AvgIpc) is 2.77. The van der Waals surface area contributed by atoms with Crippen molar-refractivity contribution in [2.75, 3.05) is 45.3 Å². The number of ether oxygens (including phenoxy) is 2. The van der Waals surface area contributed by atoms with E-state index in [1.165, 1.54) is 44.2 Å². The van der Waals surface area contributed by atoms with Crippen molar-refractivity contribution in [2.45, 2.75) is 45.1 Å². The van der Waals surface area contributed by atoms with Gasteiger partial charge in [-0.05, 0) is 49.9 Å². The molecule has 29 heavy (non-hydrogen) atoms. The highest BCUT2D eigenvalue weighted by Gasteiger charge is 2.29. The molecule has 1 saturated heterocycles. The lowest BCUT2D eigenvalue weighted by atomic mass is 10.0. The Morgan fingerprint density at radius 3 is 2.48 bits per heavy atom. The van der Waals surface area contributed by atoms with E-state index in [1.54, 1.807) is 14.2 Å². The topological polar surface area (TPSA) is 24.9 Å². The van der Waals surface area contributed by atoms with Crippen LogP contribution in [0.5, 0.6) is 11.5 Å². The van der Waals surface area contributed by atoms with Gasteiger partial charge in [-0.1, -0.05) is 49.7 Å². The quantitative estimate of drug-likeness (QED) is 0.527. The summed E-state index contributed by atoms with van der Waals surface area (Å²) in [6.45, 7) is 6.73. The molecular weight excluding hydrogens is 360 g/mol. The third kappa shape index (κ3) is 5.66. The van der Waals surface area contributed by atoms with Gasteiger partial charge in [0.2, 0.25) is 0 Å². The Hall–Kier alpha value is -2.20. The lowest BCUT2D eigenvalue weighted by Gasteiger charge is -2.43. The van der Waals surface area contributed by atoms with Crippen molar-refractivity contribution in [3.05, 3.63) is 54.1 Å². The predicted octanol–water partition coefficient (Wildman–Crippen LogP) is 5.02. The second-order valence-electron chi connectivity index (χ2n) is 7.89. The summed E-state index contributed by atoms with van der Waals surface area (Å²) in [5.74, 6) is 1.66. The van der Waals surface area contributed by atoms with E-state index in [0.29, 0.717) is 6.04 Å². The van der Waals surface area contributed by atoms with E-state index in [-0.39, 0.29) is 0 Å². The molecule has 0 amide bonds. The summed E-state index contributed by atoms with van der Waals surface area (Å²) in [5.41, 5.74) is 2.61. The van der Waals surface area contributed by atoms with E-state index in [9.17, 15) is 0 Å². The summed E-state index contributed by atoms with van der Waals surface area (Å²) < 4.78 is 11.2. The van der Waals surface area contributed by atoms with Gasteiger partial charge in [0.15, 0.2) is 11.5 Å². The average molecular weight is 397 g/mol. The first-order valence-corrected chi connectivity index (χ1v) is 11.0. The number of hydrogen-bond donors (Lipinski definition) is 0. The molecule has 1 aliphatic rings. The first-order chi connectivity index (χ1) is 14.3. The minimum Gasteiger partial charge on any atom is -0.493 e. The summed E-state index contributed by atoms with van der Waals surface area (Å²) in [4.78, 5) is 5.18. The molecule has 1 atom stereocenters. The standard InChI is InChI=1S/C25H36N2O2/c1-4-11-22-20-26(17-9-8-14-21-12-6-5-7-13-21)18-19-27(22)23-15-10-16-24(28-2)25(23)29-3/h5-7,10,12-13,15-16,22H,4,8-9,11,14,17-20H2,1-3H3. The van der Waals surface area contributed by atoms with Gasteiger partial charge in [-0.2, -0.15) is 0 Å². The number of anilines is 1. The number of benzene rings is 2. The van der Waals surface area contributed by atoms with Gasteiger partial charge in [0.25, 0.3) is 0 Å². The summed E-state index contributed by atoms with van der Waals surface area (Å²) in [6, 6.07) is 17.6. The van der Waals surface area contributed by atoms with E-state index in [4.69, 9.17) is 9.47 Å². The largest absolute Gasteiger partial charge is 0.493 e. The summed E-state index contributed by atoms with van der Waals surface area (Å²) in [6.07, 6.45) is 6.08. The molecule has 0 N–H and O–H groups in total. The monoisotopic (exact) mass is 396 g/mol. The molecule has 158 valence electrons. The lowest BCUT2D eigenvalue weighted by molar-refractivity contribution is 0.212. The molecule has 0 spiro atoms. The van der Waals surface area contributed by atoms with E-state index in [0.717, 1.165) is 36.8 Å². The number of piperazine rings is 1. The van der Waals surface area contributed by atoms with Crippen LogP contribution < -0.4 is 14.4 Å². The Morgan fingerprint density at radius 2 is 1.76 bits per heavy atom. The maximum absolute atomic E-state index is 5.72. The van der Waals surface area contributed by atoms with Crippen molar-refractivity contribution in [3.8, 4) is 11.5 Å². The predicted molar refractivity (Wildman–Crippen MR) is 121 cm³/mol. The van der Waals surface area contributed by atoms with E-state index < -0.39 is 0 Å². The molecule has 4 nitrogen and oxygen atoms in total. The third-order valence-electron chi connectivity index (χ3n) is 5.91. The van der Waals surface area contributed by atoms with Crippen molar-refractivity contribution in [2.24, 2.45) is 0 Å². The fourth-order valence-corrected chi connectivity index (χ4v) is 4.43. The first kappa shape index (κ1) is 21.5. The Kier molecular flexibility index (Phi) is 8.24. The zero-order valence-electron chi connectivity index (χ0n) is 18.3. The van der Waals surface area contributed by atoms with Gasteiger partial charge in [-0.15, -0.1) is 0 Å². The minimum atomic E-state index is 0.517. The number of aryl methyl sites for hydroxylation is 1. The van der Waals surface area contributed by atoms with Crippen LogP contribution in [-0.4, -0.2) is 51.3 Å². The van der Waals surface area contributed by atoms with Crippen molar-refractivity contribution in [1.82, 2.24) is 4.90 Å². The van der Waals surface area contributed by atoms with E-state index in [2.05, 4.69) is 59.2 Å². The highest BCUT2D eigenvalue weighted by atomic mass is 16.5. The van der Waals surface area contributed by atoms with Gasteiger partial charge in [0.05, 0.1) is 19.9 Å². The molecule has 0 saturated carbocycles. The number of nitrogens with zero attached hydrogens (tertiary/aromatic N) is 2. The number of rotatable bonds is 10. The van der Waals surface area contributed by atoms with Crippen molar-refractivity contribution >= 4 is 5.69 Å². The number of unbranched alkanes of at least 4 members (excludes halogenated alkanes) is 1. The molecule has 2 aromatic carbocycles. The SMILES string of the molecule is CCCC1CN(CCCCc2ccccc2)CCN1c1cccc(OC)c1OC. The van der Waals surface area contributed by atoms with E-state index >= 15 is 0 Å². The van der Waals surface area contributed by atoms with Gasteiger partial charge in [-0.25, -0.2) is 0 Å². The lowest BCUT2D eigenvalue weighted by Crippen LogP contribution is -2.53. The molecule has 0 aromatic heterocycles. The zero-order chi connectivity index (χ0) is 20.5. The van der Waals surface area contributed by atoms with Crippen LogP contribution in [0.3, 0.4) is 0 Å². The molecule has 0 bridgehead atoms. The Morgan fingerprint density at radius 1 is 0.931 bits per heavy atom. The molecule has 1 heterocycles. The fraction of sp³-hybridized carbons (Fsp3) is 0.520. The smallest absolute Gasteiger partial charge is 0.184 e. The van der Waals surface area contributed by atoms with Gasteiger partial charge >= 0.3 is 0 Å². The zero-order valence-corrected chi connectivity index (χ0v) is 18.3. The summed E-state index contributed by atoms with van der Waals surface area (Å²) >= 11 is 0. The highest BCUT2D eigenvalue weighted by molar-refractivity contribution is 5.65. The normalized spacial score (nSPS) is 17.3. The van der Waals surface area contributed by atoms with E-state index in [1.807, 2.05) is 6.07 Å². The molecular formula is C25H36N2O2. The van der Waals surface area contributed by atoms with Crippen LogP contribution in [0.2, 0.25) is 0 Å². The molecule has 2 aromatic rings. The van der Waals surface area contributed by atoms with Crippen LogP contribution >= 0.6 is 0 Å². The van der Waals surface area contributed by atoms with Crippen molar-refractivity contribution in [1.29, 1.82) is 0 Å². The number of para-hydroxylation sites is 1. The van der Waals surface area contributed by atoms with Crippen LogP contribution in [0.25, 0.3) is 0 Å². The molecule has 1 fully saturated rings. The molecule has 0 aliphatic carbocycles. The second kappa shape index (κ2) is 11.1. The summed E-state index contributed by atoms with van der Waals surface area (Å²) in [5, 5.41) is 0. The molecule has 1 unspecified atom stereocenters. The van der Waals surface area contributed by atoms with Crippen molar-refractivity contribution < 1.29 is 9.47 Å². The first-order valence-electron chi connectivity index (χ1n) is 11.0. The molecule has 3 rings (SSSR count). The Labute approximate surface area is 176 Å². The van der Waals surface area contributed by atoms with Crippen LogP contribution in [0.4, 0.5) is 5.69 Å². The molecule has 4 heteroatoms. The van der Waals surface area contributed by atoms with Gasteiger partial charge in [0.1, 0.15) is 0 Å². The Balaban J connectivity index is 1.58. The van der Waals surface area contributed by atoms with Gasteiger partial charge in [0, 0.05) is 25.7 Å². The second-order valence-corrected chi connectivity index (χ2v) is 7.89. The Bertz CT molecular complexity index is 735. The van der Waals surface area contributed by atoms with Crippen LogP contribution in [0.15, 0.2) is 48.5 Å². The van der Waals surface area contributed by atoms with Crippen LogP contribution in [0, 0.1) is 0 Å². The number of methoxy groups -OCH3 is 2. The maximum atomic E-state index is 5.72.